The zero-order valence-corrected chi connectivity index (χ0v) is 12.7. The topological polar surface area (TPSA) is 73.6 Å². The molecule has 6 heteroatoms. The summed E-state index contributed by atoms with van der Waals surface area (Å²) < 4.78 is 10.6. The molecular formula is C14H22N2O3S. The Morgan fingerprint density at radius 2 is 2.00 bits per heavy atom. The molecule has 1 amide bonds. The Morgan fingerprint density at radius 3 is 2.60 bits per heavy atom. The van der Waals surface area contributed by atoms with E-state index < -0.39 is 6.04 Å². The van der Waals surface area contributed by atoms with Crippen LogP contribution in [-0.4, -0.2) is 44.2 Å². The van der Waals surface area contributed by atoms with Crippen molar-refractivity contribution in [3.8, 4) is 11.5 Å². The number of nitrogens with one attached hydrogen (secondary N) is 1. The summed E-state index contributed by atoms with van der Waals surface area (Å²) in [6.45, 7) is 0.852. The number of thioether (sulfide) groups is 1. The molecule has 0 saturated heterocycles. The normalized spacial score (nSPS) is 11.8. The third-order valence-corrected chi connectivity index (χ3v) is 3.34. The maximum atomic E-state index is 11.6. The van der Waals surface area contributed by atoms with Gasteiger partial charge in [0.05, 0.1) is 19.7 Å². The summed E-state index contributed by atoms with van der Waals surface area (Å²) in [5.74, 6) is 2.28. The van der Waals surface area contributed by atoms with Gasteiger partial charge in [0.2, 0.25) is 5.91 Å². The molecule has 0 bridgehead atoms. The molecule has 0 aliphatic rings. The highest BCUT2D eigenvalue weighted by molar-refractivity contribution is 7.98. The minimum atomic E-state index is -0.441. The molecule has 0 aliphatic heterocycles. The Balaban J connectivity index is 2.18. The molecule has 0 heterocycles. The minimum absolute atomic E-state index is 0.127. The lowest BCUT2D eigenvalue weighted by atomic mass is 10.2. The molecule has 0 radical (unpaired) electrons. The summed E-state index contributed by atoms with van der Waals surface area (Å²) in [6, 6.07) is 6.86. The van der Waals surface area contributed by atoms with Crippen LogP contribution in [-0.2, 0) is 4.79 Å². The number of nitrogens with two attached hydrogens (primary N) is 1. The first-order valence-corrected chi connectivity index (χ1v) is 7.86. The lowest BCUT2D eigenvalue weighted by molar-refractivity contribution is -0.122. The van der Waals surface area contributed by atoms with Crippen molar-refractivity contribution in [3.05, 3.63) is 24.3 Å². The standard InChI is InChI=1S/C14H22N2O3S/c1-18-11-3-5-12(6-4-11)19-9-8-16-14(17)13(15)7-10-20-2/h3-6,13H,7-10,15H2,1-2H3,(H,16,17)/t13-/m0/s1. The van der Waals surface area contributed by atoms with Crippen molar-refractivity contribution in [2.75, 3.05) is 32.3 Å². The van der Waals surface area contributed by atoms with E-state index in [0.717, 1.165) is 17.3 Å². The number of carbonyl (C=O) groups is 1. The van der Waals surface area contributed by atoms with Gasteiger partial charge in [-0.3, -0.25) is 4.79 Å². The monoisotopic (exact) mass is 298 g/mol. The molecule has 0 aromatic heterocycles. The van der Waals surface area contributed by atoms with Crippen LogP contribution in [0.3, 0.4) is 0 Å². The van der Waals surface area contributed by atoms with Gasteiger partial charge in [-0.05, 0) is 42.7 Å². The maximum Gasteiger partial charge on any atom is 0.237 e. The minimum Gasteiger partial charge on any atom is -0.497 e. The Kier molecular flexibility index (Phi) is 7.91. The van der Waals surface area contributed by atoms with Crippen molar-refractivity contribution < 1.29 is 14.3 Å². The van der Waals surface area contributed by atoms with Crippen LogP contribution < -0.4 is 20.5 Å². The van der Waals surface area contributed by atoms with Crippen LogP contribution in [0.1, 0.15) is 6.42 Å². The van der Waals surface area contributed by atoms with Gasteiger partial charge >= 0.3 is 0 Å². The van der Waals surface area contributed by atoms with Crippen molar-refractivity contribution in [1.29, 1.82) is 0 Å². The first kappa shape index (κ1) is 16.7. The van der Waals surface area contributed by atoms with Gasteiger partial charge in [-0.2, -0.15) is 11.8 Å². The predicted molar refractivity (Wildman–Crippen MR) is 82.5 cm³/mol. The molecule has 1 rings (SSSR count). The zero-order valence-electron chi connectivity index (χ0n) is 11.9. The summed E-state index contributed by atoms with van der Waals surface area (Å²) in [5, 5.41) is 2.76. The second-order valence-electron chi connectivity index (χ2n) is 4.20. The fraction of sp³-hybridized carbons (Fsp3) is 0.500. The number of benzene rings is 1. The van der Waals surface area contributed by atoms with Crippen LogP contribution in [0.25, 0.3) is 0 Å². The molecule has 20 heavy (non-hydrogen) atoms. The van der Waals surface area contributed by atoms with Crippen LogP contribution in [0.4, 0.5) is 0 Å². The van der Waals surface area contributed by atoms with Crippen molar-refractivity contribution >= 4 is 17.7 Å². The van der Waals surface area contributed by atoms with Crippen molar-refractivity contribution in [3.63, 3.8) is 0 Å². The highest BCUT2D eigenvalue weighted by atomic mass is 32.2. The SMILES string of the molecule is COc1ccc(OCCNC(=O)[C@@H](N)CCSC)cc1. The van der Waals surface area contributed by atoms with E-state index in [1.54, 1.807) is 18.9 Å². The molecule has 3 N–H and O–H groups in total. The summed E-state index contributed by atoms with van der Waals surface area (Å²) in [6.07, 6.45) is 2.68. The Labute approximate surface area is 124 Å². The third kappa shape index (κ3) is 6.16. The van der Waals surface area contributed by atoms with Gasteiger partial charge in [0.1, 0.15) is 18.1 Å². The smallest absolute Gasteiger partial charge is 0.237 e. The molecule has 0 fully saturated rings. The van der Waals surface area contributed by atoms with Crippen molar-refractivity contribution in [1.82, 2.24) is 5.32 Å². The van der Waals surface area contributed by atoms with Crippen molar-refractivity contribution in [2.24, 2.45) is 5.73 Å². The van der Waals surface area contributed by atoms with Gasteiger partial charge in [0.25, 0.3) is 0 Å². The van der Waals surface area contributed by atoms with E-state index in [0.29, 0.717) is 19.6 Å². The van der Waals surface area contributed by atoms with E-state index in [1.165, 1.54) is 0 Å². The maximum absolute atomic E-state index is 11.6. The first-order valence-electron chi connectivity index (χ1n) is 6.46. The molecule has 1 aromatic carbocycles. The van der Waals surface area contributed by atoms with Crippen LogP contribution >= 0.6 is 11.8 Å². The average molecular weight is 298 g/mol. The lowest BCUT2D eigenvalue weighted by Gasteiger charge is -2.12. The van der Waals surface area contributed by atoms with Gasteiger partial charge < -0.3 is 20.5 Å². The van der Waals surface area contributed by atoms with E-state index in [1.807, 2.05) is 30.5 Å². The molecular weight excluding hydrogens is 276 g/mol. The highest BCUT2D eigenvalue weighted by Gasteiger charge is 2.11. The van der Waals surface area contributed by atoms with Crippen LogP contribution in [0, 0.1) is 0 Å². The Hall–Kier alpha value is -1.40. The van der Waals surface area contributed by atoms with E-state index in [4.69, 9.17) is 15.2 Å². The summed E-state index contributed by atoms with van der Waals surface area (Å²) in [4.78, 5) is 11.6. The Morgan fingerprint density at radius 1 is 1.35 bits per heavy atom. The van der Waals surface area contributed by atoms with Crippen LogP contribution in [0.5, 0.6) is 11.5 Å². The molecule has 1 atom stereocenters. The number of hydrogen-bond donors (Lipinski definition) is 2. The molecule has 1 aromatic rings. The lowest BCUT2D eigenvalue weighted by Crippen LogP contribution is -2.42. The van der Waals surface area contributed by atoms with E-state index in [-0.39, 0.29) is 5.91 Å². The molecule has 0 unspecified atom stereocenters. The fourth-order valence-electron chi connectivity index (χ4n) is 1.52. The van der Waals surface area contributed by atoms with Crippen LogP contribution in [0.15, 0.2) is 24.3 Å². The molecule has 0 spiro atoms. The largest absolute Gasteiger partial charge is 0.497 e. The zero-order chi connectivity index (χ0) is 14.8. The third-order valence-electron chi connectivity index (χ3n) is 2.70. The predicted octanol–water partition coefficient (Wildman–Crippen LogP) is 1.27. The van der Waals surface area contributed by atoms with E-state index in [2.05, 4.69) is 5.32 Å². The van der Waals surface area contributed by atoms with E-state index in [9.17, 15) is 4.79 Å². The van der Waals surface area contributed by atoms with Crippen molar-refractivity contribution in [2.45, 2.75) is 12.5 Å². The second-order valence-corrected chi connectivity index (χ2v) is 5.19. The van der Waals surface area contributed by atoms with Gasteiger partial charge in [0, 0.05) is 0 Å². The number of methoxy groups -OCH3 is 1. The Bertz CT molecular complexity index is 398. The fourth-order valence-corrected chi connectivity index (χ4v) is 2.01. The summed E-state index contributed by atoms with van der Waals surface area (Å²) in [7, 11) is 1.62. The van der Waals surface area contributed by atoms with Gasteiger partial charge in [-0.15, -0.1) is 0 Å². The number of amides is 1. The highest BCUT2D eigenvalue weighted by Crippen LogP contribution is 2.16. The summed E-state index contributed by atoms with van der Waals surface area (Å²) >= 11 is 1.68. The molecule has 0 aliphatic carbocycles. The average Bonchev–Trinajstić information content (AvgIpc) is 2.49. The number of carbonyl (C=O) groups excluding carboxylic acids is 1. The molecule has 5 nitrogen and oxygen atoms in total. The van der Waals surface area contributed by atoms with Crippen LogP contribution in [0.2, 0.25) is 0 Å². The van der Waals surface area contributed by atoms with E-state index >= 15 is 0 Å². The quantitative estimate of drug-likeness (QED) is 0.672. The second kappa shape index (κ2) is 9.50. The van der Waals surface area contributed by atoms with Gasteiger partial charge in [-0.1, -0.05) is 0 Å². The first-order chi connectivity index (χ1) is 9.67. The molecule has 112 valence electrons. The molecule has 0 saturated carbocycles. The van der Waals surface area contributed by atoms with Gasteiger partial charge in [0.15, 0.2) is 0 Å². The summed E-state index contributed by atoms with van der Waals surface area (Å²) in [5.41, 5.74) is 5.75. The van der Waals surface area contributed by atoms with Gasteiger partial charge in [-0.25, -0.2) is 0 Å². The number of ether oxygens (including phenoxy) is 2. The number of rotatable bonds is 9. The number of hydrogen-bond acceptors (Lipinski definition) is 5.